The van der Waals surface area contributed by atoms with E-state index in [0.717, 1.165) is 6.07 Å². The summed E-state index contributed by atoms with van der Waals surface area (Å²) in [6, 6.07) is 2.60. The second-order valence-electron chi connectivity index (χ2n) is 3.64. The van der Waals surface area contributed by atoms with Gasteiger partial charge in [0, 0.05) is 6.07 Å². The van der Waals surface area contributed by atoms with Crippen LogP contribution in [0.1, 0.15) is 19.4 Å². The van der Waals surface area contributed by atoms with E-state index in [0.29, 0.717) is 5.56 Å². The molecular formula is C9H10BrNO4. The van der Waals surface area contributed by atoms with Crippen LogP contribution in [0.3, 0.4) is 0 Å². The highest BCUT2D eigenvalue weighted by molar-refractivity contribution is 9.10. The highest BCUT2D eigenvalue weighted by Gasteiger charge is 2.24. The minimum Gasteiger partial charge on any atom is -0.501 e. The number of nitrogens with zero attached hydrogens (tertiary/aromatic N) is 1. The summed E-state index contributed by atoms with van der Waals surface area (Å²) >= 11 is 2.99. The Morgan fingerprint density at radius 2 is 2.00 bits per heavy atom. The molecule has 0 radical (unpaired) electrons. The van der Waals surface area contributed by atoms with Gasteiger partial charge < -0.3 is 10.2 Å². The van der Waals surface area contributed by atoms with Gasteiger partial charge in [-0.1, -0.05) is 0 Å². The molecule has 0 aliphatic rings. The molecule has 0 aromatic heterocycles. The van der Waals surface area contributed by atoms with Crippen molar-refractivity contribution in [2.24, 2.45) is 0 Å². The summed E-state index contributed by atoms with van der Waals surface area (Å²) in [6.45, 7) is 3.02. The molecule has 0 aliphatic carbocycles. The van der Waals surface area contributed by atoms with E-state index in [9.17, 15) is 20.3 Å². The molecule has 1 aromatic carbocycles. The number of hydrogen-bond acceptors (Lipinski definition) is 4. The average Bonchev–Trinajstić information content (AvgIpc) is 2.06. The molecule has 15 heavy (non-hydrogen) atoms. The Morgan fingerprint density at radius 3 is 2.40 bits per heavy atom. The minimum atomic E-state index is -1.19. The van der Waals surface area contributed by atoms with Gasteiger partial charge in [0.05, 0.1) is 15.0 Å². The van der Waals surface area contributed by atoms with Gasteiger partial charge in [0.15, 0.2) is 0 Å². The van der Waals surface area contributed by atoms with Crippen molar-refractivity contribution < 1.29 is 15.1 Å². The lowest BCUT2D eigenvalue weighted by Crippen LogP contribution is -2.15. The van der Waals surface area contributed by atoms with Crippen molar-refractivity contribution in [2.45, 2.75) is 19.4 Å². The fourth-order valence-electron chi connectivity index (χ4n) is 1.08. The zero-order valence-electron chi connectivity index (χ0n) is 8.19. The second kappa shape index (κ2) is 3.79. The monoisotopic (exact) mass is 275 g/mol. The van der Waals surface area contributed by atoms with Gasteiger partial charge in [-0.3, -0.25) is 10.1 Å². The quantitative estimate of drug-likeness (QED) is 0.641. The number of hydrogen-bond donors (Lipinski definition) is 2. The third-order valence-electron chi connectivity index (χ3n) is 1.95. The van der Waals surface area contributed by atoms with Gasteiger partial charge in [-0.2, -0.15) is 0 Å². The molecule has 0 aliphatic heterocycles. The Kier molecular flexibility index (Phi) is 3.01. The maximum absolute atomic E-state index is 10.6. The summed E-state index contributed by atoms with van der Waals surface area (Å²) in [5, 5.41) is 29.7. The number of aliphatic hydroxyl groups is 1. The van der Waals surface area contributed by atoms with E-state index in [1.807, 2.05) is 0 Å². The van der Waals surface area contributed by atoms with Crippen molar-refractivity contribution in [1.82, 2.24) is 0 Å². The first-order chi connectivity index (χ1) is 6.73. The Bertz CT molecular complexity index is 411. The predicted molar refractivity (Wildman–Crippen MR) is 57.7 cm³/mol. The highest BCUT2D eigenvalue weighted by atomic mass is 79.9. The second-order valence-corrected chi connectivity index (χ2v) is 4.50. The third kappa shape index (κ3) is 2.45. The van der Waals surface area contributed by atoms with Crippen LogP contribution in [0, 0.1) is 10.1 Å². The molecule has 5 nitrogen and oxygen atoms in total. The first kappa shape index (κ1) is 11.9. The van der Waals surface area contributed by atoms with Crippen molar-refractivity contribution in [3.63, 3.8) is 0 Å². The molecule has 0 spiro atoms. The lowest BCUT2D eigenvalue weighted by Gasteiger charge is -2.18. The largest absolute Gasteiger partial charge is 0.501 e. The molecule has 1 aromatic rings. The standard InChI is InChI=1S/C9H10BrNO4/c1-9(2,13)5-3-6(10)8(12)7(4-5)11(14)15/h3-4,12-13H,1-2H3. The van der Waals surface area contributed by atoms with Crippen molar-refractivity contribution in [3.8, 4) is 5.75 Å². The third-order valence-corrected chi connectivity index (χ3v) is 2.55. The topological polar surface area (TPSA) is 83.6 Å². The van der Waals surface area contributed by atoms with Crippen LogP contribution >= 0.6 is 15.9 Å². The summed E-state index contributed by atoms with van der Waals surface area (Å²) < 4.78 is 0.189. The lowest BCUT2D eigenvalue weighted by atomic mass is 9.98. The van der Waals surface area contributed by atoms with Gasteiger partial charge >= 0.3 is 5.69 Å². The fraction of sp³-hybridized carbons (Fsp3) is 0.333. The fourth-order valence-corrected chi connectivity index (χ4v) is 1.53. The van der Waals surface area contributed by atoms with Gasteiger partial charge in [-0.15, -0.1) is 0 Å². The van der Waals surface area contributed by atoms with Crippen LogP contribution < -0.4 is 0 Å². The molecule has 2 N–H and O–H groups in total. The number of nitro groups is 1. The SMILES string of the molecule is CC(C)(O)c1cc(Br)c(O)c([N+](=O)[O-])c1. The van der Waals surface area contributed by atoms with E-state index in [1.165, 1.54) is 19.9 Å². The number of rotatable bonds is 2. The highest BCUT2D eigenvalue weighted by Crippen LogP contribution is 2.37. The first-order valence-electron chi connectivity index (χ1n) is 4.13. The molecule has 0 atom stereocenters. The molecule has 0 heterocycles. The van der Waals surface area contributed by atoms with E-state index in [1.54, 1.807) is 0 Å². The van der Waals surface area contributed by atoms with Gasteiger partial charge in [0.1, 0.15) is 0 Å². The van der Waals surface area contributed by atoms with Crippen molar-refractivity contribution in [3.05, 3.63) is 32.3 Å². The lowest BCUT2D eigenvalue weighted by molar-refractivity contribution is -0.386. The van der Waals surface area contributed by atoms with Crippen molar-refractivity contribution in [1.29, 1.82) is 0 Å². The summed E-state index contributed by atoms with van der Waals surface area (Å²) in [4.78, 5) is 9.90. The summed E-state index contributed by atoms with van der Waals surface area (Å²) in [6.07, 6.45) is 0. The first-order valence-corrected chi connectivity index (χ1v) is 4.92. The van der Waals surface area contributed by atoms with E-state index >= 15 is 0 Å². The summed E-state index contributed by atoms with van der Waals surface area (Å²) in [7, 11) is 0. The number of benzene rings is 1. The number of nitro benzene ring substituents is 1. The molecule has 0 amide bonds. The van der Waals surface area contributed by atoms with Crippen LogP contribution in [-0.2, 0) is 5.60 Å². The van der Waals surface area contributed by atoms with Gasteiger partial charge in [-0.25, -0.2) is 0 Å². The Morgan fingerprint density at radius 1 is 1.47 bits per heavy atom. The predicted octanol–water partition coefficient (Wildman–Crippen LogP) is 2.29. The van der Waals surface area contributed by atoms with Crippen LogP contribution in [0.25, 0.3) is 0 Å². The zero-order chi connectivity index (χ0) is 11.8. The van der Waals surface area contributed by atoms with E-state index in [-0.39, 0.29) is 4.47 Å². The molecule has 0 unspecified atom stereocenters. The van der Waals surface area contributed by atoms with Gasteiger partial charge in [0.25, 0.3) is 0 Å². The number of phenolic OH excluding ortho intramolecular Hbond substituents is 1. The van der Waals surface area contributed by atoms with E-state index in [4.69, 9.17) is 0 Å². The maximum atomic E-state index is 10.6. The van der Waals surface area contributed by atoms with Crippen LogP contribution in [0.2, 0.25) is 0 Å². The molecule has 1 rings (SSSR count). The maximum Gasteiger partial charge on any atom is 0.312 e. The van der Waals surface area contributed by atoms with Crippen LogP contribution in [0.15, 0.2) is 16.6 Å². The van der Waals surface area contributed by atoms with Crippen LogP contribution in [0.4, 0.5) is 5.69 Å². The smallest absolute Gasteiger partial charge is 0.312 e. The molecular weight excluding hydrogens is 266 g/mol. The van der Waals surface area contributed by atoms with Crippen LogP contribution in [0.5, 0.6) is 5.75 Å². The average molecular weight is 276 g/mol. The molecule has 0 fully saturated rings. The molecule has 0 saturated carbocycles. The van der Waals surface area contributed by atoms with Gasteiger partial charge in [-0.05, 0) is 41.4 Å². The molecule has 0 bridgehead atoms. The van der Waals surface area contributed by atoms with Crippen LogP contribution in [-0.4, -0.2) is 15.1 Å². The minimum absolute atomic E-state index is 0.189. The number of aromatic hydroxyl groups is 1. The van der Waals surface area contributed by atoms with Gasteiger partial charge in [0.2, 0.25) is 5.75 Å². The molecule has 6 heteroatoms. The summed E-state index contributed by atoms with van der Waals surface area (Å²) in [5.41, 5.74) is -1.26. The van der Waals surface area contributed by atoms with E-state index < -0.39 is 22.0 Å². The molecule has 0 saturated heterocycles. The number of phenols is 1. The zero-order valence-corrected chi connectivity index (χ0v) is 9.78. The Hall–Kier alpha value is -1.14. The van der Waals surface area contributed by atoms with Crippen molar-refractivity contribution in [2.75, 3.05) is 0 Å². The Labute approximate surface area is 94.6 Å². The molecule has 82 valence electrons. The Balaban J connectivity index is 3.43. The summed E-state index contributed by atoms with van der Waals surface area (Å²) in [5.74, 6) is -0.437. The number of halogens is 1. The van der Waals surface area contributed by atoms with E-state index in [2.05, 4.69) is 15.9 Å². The van der Waals surface area contributed by atoms with Crippen molar-refractivity contribution >= 4 is 21.6 Å². The normalized spacial score (nSPS) is 11.5.